The molecule has 0 aromatic carbocycles. The van der Waals surface area contributed by atoms with Crippen molar-refractivity contribution in [3.05, 3.63) is 0 Å². The van der Waals surface area contributed by atoms with E-state index >= 15 is 0 Å². The Balaban J connectivity index is 3.55. The first-order valence-electron chi connectivity index (χ1n) is 3.14. The van der Waals surface area contributed by atoms with E-state index in [9.17, 15) is 35.1 Å². The van der Waals surface area contributed by atoms with Gasteiger partial charge in [0.15, 0.2) is 0 Å². The third-order valence-corrected chi connectivity index (χ3v) is 2.92. The molecule has 1 saturated carbocycles. The average Bonchev–Trinajstić information content (AvgIpc) is 2.04. The van der Waals surface area contributed by atoms with Crippen LogP contribution in [0.4, 0.5) is 35.1 Å². The van der Waals surface area contributed by atoms with Crippen LogP contribution in [0.5, 0.6) is 0 Å². The Morgan fingerprint density at radius 2 is 0.667 bits per heavy atom. The molecule has 0 amide bonds. The van der Waals surface area contributed by atoms with E-state index in [4.69, 9.17) is 0 Å². The van der Waals surface area contributed by atoms with E-state index in [1.165, 1.54) is 0 Å². The van der Waals surface area contributed by atoms with Gasteiger partial charge in [0.25, 0.3) is 4.33 Å². The molecule has 90 valence electrons. The molecule has 0 spiro atoms. The Kier molecular flexibility index (Phi) is 2.30. The highest BCUT2D eigenvalue weighted by Crippen LogP contribution is 2.71. The van der Waals surface area contributed by atoms with E-state index in [0.717, 1.165) is 0 Å². The summed E-state index contributed by atoms with van der Waals surface area (Å²) < 4.78 is 94.6. The lowest BCUT2D eigenvalue weighted by atomic mass is 10.2. The maximum absolute atomic E-state index is 12.5. The predicted octanol–water partition coefficient (Wildman–Crippen LogP) is 3.72. The molecule has 0 atom stereocenters. The third kappa shape index (κ3) is 0.999. The fourth-order valence-corrected chi connectivity index (χ4v) is 1.46. The predicted molar refractivity (Wildman–Crippen MR) is 34.2 cm³/mol. The van der Waals surface area contributed by atoms with Crippen LogP contribution < -0.4 is 0 Å². The largest absolute Gasteiger partial charge is 0.381 e. The molecule has 0 aliphatic heterocycles. The van der Waals surface area contributed by atoms with Gasteiger partial charge in [-0.25, -0.2) is 0 Å². The Morgan fingerprint density at radius 3 is 0.733 bits per heavy atom. The van der Waals surface area contributed by atoms with E-state index in [2.05, 4.69) is 23.2 Å². The van der Waals surface area contributed by atoms with Crippen molar-refractivity contribution in [1.29, 1.82) is 0 Å². The monoisotopic (exact) mass is 282 g/mol. The van der Waals surface area contributed by atoms with Crippen LogP contribution in [0.15, 0.2) is 0 Å². The highest BCUT2D eigenvalue weighted by Gasteiger charge is 2.99. The van der Waals surface area contributed by atoms with Gasteiger partial charge in [-0.05, 0) is 0 Å². The van der Waals surface area contributed by atoms with Crippen LogP contribution in [0.1, 0.15) is 0 Å². The van der Waals surface area contributed by atoms with Crippen molar-refractivity contribution in [1.82, 2.24) is 0 Å². The number of hydrogen-bond donors (Lipinski definition) is 0. The molecule has 0 saturated heterocycles. The molecule has 0 aromatic rings. The zero-order chi connectivity index (χ0) is 12.5. The molecule has 10 heteroatoms. The lowest BCUT2D eigenvalue weighted by Gasteiger charge is -2.25. The molecule has 0 N–H and O–H groups in total. The minimum absolute atomic E-state index is 4.23. The van der Waals surface area contributed by atoms with Crippen molar-refractivity contribution in [2.24, 2.45) is 0 Å². The summed E-state index contributed by atoms with van der Waals surface area (Å²) in [5.74, 6) is -24.5. The first-order chi connectivity index (χ1) is 6.25. The topological polar surface area (TPSA) is 0 Å². The molecule has 0 unspecified atom stereocenters. The second-order valence-electron chi connectivity index (χ2n) is 2.87. The fourth-order valence-electron chi connectivity index (χ4n) is 0.986. The SMILES string of the molecule is FC1(F)C(F)(F)C(F)(F)C(Cl)(Cl)C1(F)F. The van der Waals surface area contributed by atoms with Gasteiger partial charge in [0.2, 0.25) is 0 Å². The zero-order valence-corrected chi connectivity index (χ0v) is 7.79. The second kappa shape index (κ2) is 2.64. The lowest BCUT2D eigenvalue weighted by Crippen LogP contribution is -2.51. The first kappa shape index (κ1) is 13.1. The number of hydrogen-bond acceptors (Lipinski definition) is 0. The normalized spacial score (nSPS) is 34.0. The van der Waals surface area contributed by atoms with Gasteiger partial charge >= 0.3 is 23.7 Å². The van der Waals surface area contributed by atoms with Gasteiger partial charge in [-0.15, -0.1) is 0 Å². The molecule has 0 heterocycles. The van der Waals surface area contributed by atoms with E-state index < -0.39 is 28.0 Å². The van der Waals surface area contributed by atoms with E-state index in [0.29, 0.717) is 0 Å². The Bertz CT molecular complexity index is 206. The molecule has 0 aromatic heterocycles. The molecule has 15 heavy (non-hydrogen) atoms. The van der Waals surface area contributed by atoms with Crippen LogP contribution in [-0.4, -0.2) is 28.0 Å². The second-order valence-corrected chi connectivity index (χ2v) is 4.20. The maximum atomic E-state index is 12.5. The minimum Gasteiger partial charge on any atom is -0.196 e. The zero-order valence-electron chi connectivity index (χ0n) is 6.28. The van der Waals surface area contributed by atoms with Crippen LogP contribution in [0, 0.1) is 0 Å². The molecule has 1 aliphatic carbocycles. The Labute approximate surface area is 87.1 Å². The molecule has 1 fully saturated rings. The maximum Gasteiger partial charge on any atom is 0.381 e. The molecule has 0 bridgehead atoms. The summed E-state index contributed by atoms with van der Waals surface area (Å²) in [4.78, 5) is 0. The van der Waals surface area contributed by atoms with Crippen molar-refractivity contribution in [2.45, 2.75) is 28.0 Å². The number of halogens is 10. The van der Waals surface area contributed by atoms with E-state index in [1.807, 2.05) is 0 Å². The van der Waals surface area contributed by atoms with Crippen LogP contribution in [0.3, 0.4) is 0 Å². The molecular formula is C5Cl2F8. The van der Waals surface area contributed by atoms with Crippen LogP contribution >= 0.6 is 23.2 Å². The summed E-state index contributed by atoms with van der Waals surface area (Å²) in [7, 11) is 0. The van der Waals surface area contributed by atoms with Gasteiger partial charge in [-0.2, -0.15) is 35.1 Å². The summed E-state index contributed by atoms with van der Waals surface area (Å²) in [6.07, 6.45) is 0. The lowest BCUT2D eigenvalue weighted by molar-refractivity contribution is -0.303. The van der Waals surface area contributed by atoms with Crippen molar-refractivity contribution in [3.63, 3.8) is 0 Å². The molecule has 1 rings (SSSR count). The van der Waals surface area contributed by atoms with Crippen LogP contribution in [0.2, 0.25) is 0 Å². The van der Waals surface area contributed by atoms with Gasteiger partial charge in [-0.3, -0.25) is 0 Å². The molecule has 0 nitrogen and oxygen atoms in total. The van der Waals surface area contributed by atoms with Crippen LogP contribution in [-0.2, 0) is 0 Å². The number of alkyl halides is 10. The van der Waals surface area contributed by atoms with Crippen molar-refractivity contribution < 1.29 is 35.1 Å². The summed E-state index contributed by atoms with van der Waals surface area (Å²) in [6.45, 7) is 0. The standard InChI is InChI=1S/C5Cl2F8/c6-1(7)2(8,9)4(12,13)5(14,15)3(1,10)11. The van der Waals surface area contributed by atoms with Gasteiger partial charge < -0.3 is 0 Å². The van der Waals surface area contributed by atoms with Crippen molar-refractivity contribution in [2.75, 3.05) is 0 Å². The minimum atomic E-state index is -6.33. The van der Waals surface area contributed by atoms with Crippen LogP contribution in [0.25, 0.3) is 0 Å². The Morgan fingerprint density at radius 1 is 0.467 bits per heavy atom. The smallest absolute Gasteiger partial charge is 0.196 e. The van der Waals surface area contributed by atoms with Gasteiger partial charge in [0.1, 0.15) is 0 Å². The fraction of sp³-hybridized carbons (Fsp3) is 1.00. The quantitative estimate of drug-likeness (QED) is 0.469. The Hall–Kier alpha value is 0.0200. The highest BCUT2D eigenvalue weighted by molar-refractivity contribution is 6.50. The molecule has 1 aliphatic rings. The summed E-state index contributed by atoms with van der Waals surface area (Å²) in [6, 6.07) is 0. The van der Waals surface area contributed by atoms with E-state index in [-0.39, 0.29) is 0 Å². The van der Waals surface area contributed by atoms with E-state index in [1.54, 1.807) is 0 Å². The number of rotatable bonds is 0. The highest BCUT2D eigenvalue weighted by atomic mass is 35.5. The van der Waals surface area contributed by atoms with Gasteiger partial charge in [-0.1, -0.05) is 23.2 Å². The van der Waals surface area contributed by atoms with Gasteiger partial charge in [0, 0.05) is 0 Å². The summed E-state index contributed by atoms with van der Waals surface area (Å²) >= 11 is 8.45. The molecular weight excluding hydrogens is 283 g/mol. The summed E-state index contributed by atoms with van der Waals surface area (Å²) in [5, 5.41) is 0. The van der Waals surface area contributed by atoms with Crippen molar-refractivity contribution >= 4 is 23.2 Å². The summed E-state index contributed by atoms with van der Waals surface area (Å²) in [5.41, 5.74) is 0. The average molecular weight is 283 g/mol. The third-order valence-electron chi connectivity index (χ3n) is 1.97. The van der Waals surface area contributed by atoms with Crippen molar-refractivity contribution in [3.8, 4) is 0 Å². The molecule has 0 radical (unpaired) electrons. The first-order valence-corrected chi connectivity index (χ1v) is 3.90. The van der Waals surface area contributed by atoms with Gasteiger partial charge in [0.05, 0.1) is 0 Å².